The maximum absolute atomic E-state index is 12.9. The van der Waals surface area contributed by atoms with Crippen LogP contribution in [0.5, 0.6) is 0 Å². The first-order chi connectivity index (χ1) is 9.91. The minimum Gasteiger partial charge on any atom is -0.344 e. The standard InChI is InChI=1S/C16H24N2O2S/c1-10(2)14-16(20)18(8-7-13(19)17-14)15(11(3)4)12-6-5-9-21-12/h5-6,9-11,14-15H,7-8H2,1-4H3,(H,17,19). The average molecular weight is 308 g/mol. The zero-order valence-electron chi connectivity index (χ0n) is 13.1. The predicted octanol–water partition coefficient (Wildman–Crippen LogP) is 2.82. The quantitative estimate of drug-likeness (QED) is 0.930. The predicted molar refractivity (Wildman–Crippen MR) is 85.0 cm³/mol. The molecule has 116 valence electrons. The zero-order valence-corrected chi connectivity index (χ0v) is 13.9. The van der Waals surface area contributed by atoms with Gasteiger partial charge < -0.3 is 10.2 Å². The first-order valence-corrected chi connectivity index (χ1v) is 8.43. The van der Waals surface area contributed by atoms with E-state index in [0.29, 0.717) is 18.9 Å². The number of amides is 2. The monoisotopic (exact) mass is 308 g/mol. The van der Waals surface area contributed by atoms with E-state index in [-0.39, 0.29) is 23.8 Å². The van der Waals surface area contributed by atoms with Crippen LogP contribution in [0.4, 0.5) is 0 Å². The van der Waals surface area contributed by atoms with E-state index in [1.807, 2.05) is 30.2 Å². The van der Waals surface area contributed by atoms with Crippen LogP contribution < -0.4 is 5.32 Å². The molecule has 2 rings (SSSR count). The lowest BCUT2D eigenvalue weighted by atomic mass is 9.97. The van der Waals surface area contributed by atoms with Gasteiger partial charge in [0, 0.05) is 17.8 Å². The Bertz CT molecular complexity index is 496. The lowest BCUT2D eigenvalue weighted by Gasteiger charge is -2.35. The second-order valence-electron chi connectivity index (χ2n) is 6.28. The first kappa shape index (κ1) is 16.0. The van der Waals surface area contributed by atoms with E-state index in [2.05, 4.69) is 25.2 Å². The molecule has 2 atom stereocenters. The lowest BCUT2D eigenvalue weighted by molar-refractivity contribution is -0.137. The second-order valence-corrected chi connectivity index (χ2v) is 7.25. The summed E-state index contributed by atoms with van der Waals surface area (Å²) in [6.45, 7) is 8.70. The summed E-state index contributed by atoms with van der Waals surface area (Å²) < 4.78 is 0. The number of carbonyl (C=O) groups excluding carboxylic acids is 2. The Morgan fingerprint density at radius 1 is 1.29 bits per heavy atom. The molecule has 2 amide bonds. The Kier molecular flexibility index (Phi) is 5.04. The average Bonchev–Trinajstić information content (AvgIpc) is 2.87. The van der Waals surface area contributed by atoms with Gasteiger partial charge in [0.2, 0.25) is 11.8 Å². The Balaban J connectivity index is 2.34. The molecule has 1 aliphatic heterocycles. The van der Waals surface area contributed by atoms with Crippen molar-refractivity contribution in [3.8, 4) is 0 Å². The van der Waals surface area contributed by atoms with Crippen molar-refractivity contribution in [2.24, 2.45) is 11.8 Å². The molecule has 0 spiro atoms. The number of nitrogens with zero attached hydrogens (tertiary/aromatic N) is 1. The molecule has 2 unspecified atom stereocenters. The summed E-state index contributed by atoms with van der Waals surface area (Å²) in [4.78, 5) is 27.9. The van der Waals surface area contributed by atoms with Crippen molar-refractivity contribution in [2.75, 3.05) is 6.54 Å². The Labute approximate surface area is 130 Å². The highest BCUT2D eigenvalue weighted by Crippen LogP contribution is 2.33. The van der Waals surface area contributed by atoms with Gasteiger partial charge in [-0.15, -0.1) is 11.3 Å². The fourth-order valence-electron chi connectivity index (χ4n) is 2.85. The SMILES string of the molecule is CC(C)C1NC(=O)CCN(C(c2cccs2)C(C)C)C1=O. The minimum atomic E-state index is -0.416. The molecular weight excluding hydrogens is 284 g/mol. The van der Waals surface area contributed by atoms with E-state index in [0.717, 1.165) is 0 Å². The van der Waals surface area contributed by atoms with Crippen LogP contribution in [-0.2, 0) is 9.59 Å². The molecule has 0 radical (unpaired) electrons. The maximum Gasteiger partial charge on any atom is 0.245 e. The van der Waals surface area contributed by atoms with Crippen LogP contribution in [0.1, 0.15) is 45.0 Å². The van der Waals surface area contributed by atoms with Gasteiger partial charge in [0.15, 0.2) is 0 Å². The van der Waals surface area contributed by atoms with Crippen LogP contribution in [0, 0.1) is 11.8 Å². The van der Waals surface area contributed by atoms with Crippen LogP contribution in [0.3, 0.4) is 0 Å². The number of thiophene rings is 1. The molecule has 1 N–H and O–H groups in total. The molecule has 0 bridgehead atoms. The Morgan fingerprint density at radius 2 is 2.00 bits per heavy atom. The molecule has 1 saturated heterocycles. The first-order valence-electron chi connectivity index (χ1n) is 7.55. The van der Waals surface area contributed by atoms with Gasteiger partial charge in [0.25, 0.3) is 0 Å². The molecule has 2 heterocycles. The summed E-state index contributed by atoms with van der Waals surface area (Å²) in [6.07, 6.45) is 0.379. The summed E-state index contributed by atoms with van der Waals surface area (Å²) in [6, 6.07) is 3.72. The highest BCUT2D eigenvalue weighted by Gasteiger charge is 2.37. The molecule has 0 saturated carbocycles. The number of carbonyl (C=O) groups is 2. The normalized spacial score (nSPS) is 21.6. The molecule has 21 heavy (non-hydrogen) atoms. The fraction of sp³-hybridized carbons (Fsp3) is 0.625. The summed E-state index contributed by atoms with van der Waals surface area (Å²) in [5, 5.41) is 4.91. The van der Waals surface area contributed by atoms with E-state index in [4.69, 9.17) is 0 Å². The molecule has 1 aromatic rings. The molecule has 1 fully saturated rings. The summed E-state index contributed by atoms with van der Waals surface area (Å²) >= 11 is 1.67. The van der Waals surface area contributed by atoms with Gasteiger partial charge in [-0.1, -0.05) is 33.8 Å². The van der Waals surface area contributed by atoms with E-state index >= 15 is 0 Å². The number of nitrogens with one attached hydrogen (secondary N) is 1. The molecular formula is C16H24N2O2S. The van der Waals surface area contributed by atoms with Crippen molar-refractivity contribution in [3.05, 3.63) is 22.4 Å². The van der Waals surface area contributed by atoms with E-state index < -0.39 is 6.04 Å². The second kappa shape index (κ2) is 6.60. The summed E-state index contributed by atoms with van der Waals surface area (Å²) in [5.41, 5.74) is 0. The lowest BCUT2D eigenvalue weighted by Crippen LogP contribution is -2.49. The van der Waals surface area contributed by atoms with Crippen molar-refractivity contribution < 1.29 is 9.59 Å². The van der Waals surface area contributed by atoms with Gasteiger partial charge in [-0.3, -0.25) is 9.59 Å². The van der Waals surface area contributed by atoms with Crippen molar-refractivity contribution in [3.63, 3.8) is 0 Å². The molecule has 4 nitrogen and oxygen atoms in total. The van der Waals surface area contributed by atoms with Crippen LogP contribution in [0.15, 0.2) is 17.5 Å². The number of rotatable bonds is 4. The van der Waals surface area contributed by atoms with E-state index in [1.165, 1.54) is 4.88 Å². The van der Waals surface area contributed by atoms with Crippen molar-refractivity contribution in [1.82, 2.24) is 10.2 Å². The van der Waals surface area contributed by atoms with Gasteiger partial charge in [0.05, 0.1) is 6.04 Å². The largest absolute Gasteiger partial charge is 0.344 e. The highest BCUT2D eigenvalue weighted by atomic mass is 32.1. The molecule has 5 heteroatoms. The van der Waals surface area contributed by atoms with Gasteiger partial charge in [0.1, 0.15) is 6.04 Å². The van der Waals surface area contributed by atoms with Crippen LogP contribution in [0.2, 0.25) is 0 Å². The van der Waals surface area contributed by atoms with Gasteiger partial charge in [-0.05, 0) is 23.3 Å². The van der Waals surface area contributed by atoms with E-state index in [1.54, 1.807) is 11.3 Å². The molecule has 1 aliphatic rings. The smallest absolute Gasteiger partial charge is 0.245 e. The third kappa shape index (κ3) is 3.46. The van der Waals surface area contributed by atoms with Crippen LogP contribution in [-0.4, -0.2) is 29.3 Å². The van der Waals surface area contributed by atoms with Crippen molar-refractivity contribution in [1.29, 1.82) is 0 Å². The molecule has 0 aliphatic carbocycles. The Hall–Kier alpha value is -1.36. The topological polar surface area (TPSA) is 49.4 Å². The number of hydrogen-bond donors (Lipinski definition) is 1. The zero-order chi connectivity index (χ0) is 15.6. The molecule has 0 aromatic carbocycles. The molecule has 1 aromatic heterocycles. The van der Waals surface area contributed by atoms with Crippen LogP contribution >= 0.6 is 11.3 Å². The van der Waals surface area contributed by atoms with Gasteiger partial charge >= 0.3 is 0 Å². The summed E-state index contributed by atoms with van der Waals surface area (Å²) in [5.74, 6) is 0.424. The maximum atomic E-state index is 12.9. The van der Waals surface area contributed by atoms with Gasteiger partial charge in [-0.25, -0.2) is 0 Å². The minimum absolute atomic E-state index is 0.0294. The Morgan fingerprint density at radius 3 is 2.52 bits per heavy atom. The van der Waals surface area contributed by atoms with E-state index in [9.17, 15) is 9.59 Å². The van der Waals surface area contributed by atoms with Gasteiger partial charge in [-0.2, -0.15) is 0 Å². The third-order valence-corrected chi connectivity index (χ3v) is 4.86. The highest BCUT2D eigenvalue weighted by molar-refractivity contribution is 7.10. The van der Waals surface area contributed by atoms with Crippen molar-refractivity contribution in [2.45, 2.75) is 46.2 Å². The number of hydrogen-bond acceptors (Lipinski definition) is 3. The fourth-order valence-corrected chi connectivity index (χ4v) is 3.86. The van der Waals surface area contributed by atoms with Crippen molar-refractivity contribution >= 4 is 23.2 Å². The third-order valence-electron chi connectivity index (χ3n) is 3.91. The summed E-state index contributed by atoms with van der Waals surface area (Å²) in [7, 11) is 0. The van der Waals surface area contributed by atoms with Crippen LogP contribution in [0.25, 0.3) is 0 Å².